The van der Waals surface area contributed by atoms with Crippen LogP contribution in [0.25, 0.3) is 0 Å². The first kappa shape index (κ1) is 13.4. The van der Waals surface area contributed by atoms with Gasteiger partial charge in [0.15, 0.2) is 0 Å². The zero-order chi connectivity index (χ0) is 11.9. The van der Waals surface area contributed by atoms with E-state index < -0.39 is 0 Å². The number of hydrogen-bond acceptors (Lipinski definition) is 2. The van der Waals surface area contributed by atoms with E-state index in [9.17, 15) is 0 Å². The van der Waals surface area contributed by atoms with Gasteiger partial charge in [-0.1, -0.05) is 19.8 Å². The summed E-state index contributed by atoms with van der Waals surface area (Å²) in [6.45, 7) is 5.78. The minimum Gasteiger partial charge on any atom is -0.378 e. The molecule has 17 heavy (non-hydrogen) atoms. The molecule has 1 N–H and O–H groups in total. The summed E-state index contributed by atoms with van der Waals surface area (Å²) in [5, 5.41) is 3.64. The topological polar surface area (TPSA) is 21.3 Å². The number of nitrogens with one attached hydrogen (secondary N) is 1. The predicted octanol–water partition coefficient (Wildman–Crippen LogP) is 3.36. The van der Waals surface area contributed by atoms with Crippen molar-refractivity contribution in [2.45, 2.75) is 64.4 Å². The maximum Gasteiger partial charge on any atom is 0.0587 e. The van der Waals surface area contributed by atoms with E-state index >= 15 is 0 Å². The molecule has 100 valence electrons. The lowest BCUT2D eigenvalue weighted by Gasteiger charge is -2.27. The van der Waals surface area contributed by atoms with Crippen LogP contribution in [0.3, 0.4) is 0 Å². The molecule has 1 aliphatic carbocycles. The summed E-state index contributed by atoms with van der Waals surface area (Å²) in [7, 11) is 0. The molecule has 3 unspecified atom stereocenters. The summed E-state index contributed by atoms with van der Waals surface area (Å²) in [6.07, 6.45) is 11.4. The lowest BCUT2D eigenvalue weighted by molar-refractivity contribution is 0.0114. The van der Waals surface area contributed by atoms with Gasteiger partial charge in [0.05, 0.1) is 6.10 Å². The van der Waals surface area contributed by atoms with Crippen molar-refractivity contribution >= 4 is 0 Å². The van der Waals surface area contributed by atoms with Crippen molar-refractivity contribution in [3.63, 3.8) is 0 Å². The van der Waals surface area contributed by atoms with E-state index in [1.807, 2.05) is 0 Å². The molecule has 0 amide bonds. The van der Waals surface area contributed by atoms with Crippen LogP contribution in [0.1, 0.15) is 58.3 Å². The summed E-state index contributed by atoms with van der Waals surface area (Å²) in [5.41, 5.74) is 0. The smallest absolute Gasteiger partial charge is 0.0587 e. The summed E-state index contributed by atoms with van der Waals surface area (Å²) < 4.78 is 5.75. The molecule has 1 aliphatic heterocycles. The van der Waals surface area contributed by atoms with Crippen LogP contribution < -0.4 is 5.32 Å². The van der Waals surface area contributed by atoms with Gasteiger partial charge in [-0.25, -0.2) is 0 Å². The van der Waals surface area contributed by atoms with Crippen molar-refractivity contribution in [3.05, 3.63) is 0 Å². The van der Waals surface area contributed by atoms with E-state index in [0.717, 1.165) is 25.0 Å². The van der Waals surface area contributed by atoms with Gasteiger partial charge >= 0.3 is 0 Å². The quantitative estimate of drug-likeness (QED) is 0.743. The Balaban J connectivity index is 1.50. The molecule has 3 atom stereocenters. The Hall–Kier alpha value is -0.0800. The Morgan fingerprint density at radius 1 is 1.12 bits per heavy atom. The second-order valence-electron chi connectivity index (χ2n) is 6.12. The van der Waals surface area contributed by atoms with E-state index in [0.29, 0.717) is 6.10 Å². The third-order valence-corrected chi connectivity index (χ3v) is 4.40. The Labute approximate surface area is 107 Å². The molecule has 2 fully saturated rings. The van der Waals surface area contributed by atoms with E-state index in [1.54, 1.807) is 0 Å². The molecule has 0 radical (unpaired) electrons. The second kappa shape index (κ2) is 7.38. The van der Waals surface area contributed by atoms with Crippen molar-refractivity contribution in [1.29, 1.82) is 0 Å². The highest BCUT2D eigenvalue weighted by atomic mass is 16.5. The average Bonchev–Trinajstić information content (AvgIpc) is 2.36. The van der Waals surface area contributed by atoms with Crippen LogP contribution in [0.2, 0.25) is 0 Å². The van der Waals surface area contributed by atoms with Crippen LogP contribution in [0, 0.1) is 11.8 Å². The largest absolute Gasteiger partial charge is 0.378 e. The van der Waals surface area contributed by atoms with Gasteiger partial charge in [0.25, 0.3) is 0 Å². The molecule has 2 aliphatic rings. The van der Waals surface area contributed by atoms with Gasteiger partial charge < -0.3 is 10.1 Å². The molecule has 0 aromatic heterocycles. The summed E-state index contributed by atoms with van der Waals surface area (Å²) in [5.74, 6) is 1.89. The highest BCUT2D eigenvalue weighted by Crippen LogP contribution is 2.27. The monoisotopic (exact) mass is 239 g/mol. The molecule has 1 saturated carbocycles. The van der Waals surface area contributed by atoms with E-state index in [4.69, 9.17) is 4.74 Å². The maximum atomic E-state index is 5.75. The maximum absolute atomic E-state index is 5.75. The van der Waals surface area contributed by atoms with Crippen LogP contribution in [0.15, 0.2) is 0 Å². The molecule has 2 heteroatoms. The minimum atomic E-state index is 0.543. The first-order chi connectivity index (χ1) is 8.34. The van der Waals surface area contributed by atoms with Crippen molar-refractivity contribution in [2.75, 3.05) is 19.7 Å². The fourth-order valence-electron chi connectivity index (χ4n) is 3.35. The highest BCUT2D eigenvalue weighted by Gasteiger charge is 2.18. The van der Waals surface area contributed by atoms with Crippen LogP contribution >= 0.6 is 0 Å². The van der Waals surface area contributed by atoms with Crippen molar-refractivity contribution in [2.24, 2.45) is 11.8 Å². The SMILES string of the molecule is CC1CCCC(CNCCC2CCCCO2)C1. The third kappa shape index (κ3) is 4.97. The molecule has 0 aromatic rings. The molecule has 1 saturated heterocycles. The fraction of sp³-hybridized carbons (Fsp3) is 1.00. The lowest BCUT2D eigenvalue weighted by Crippen LogP contribution is -2.30. The van der Waals surface area contributed by atoms with Crippen LogP contribution in [-0.4, -0.2) is 25.8 Å². The number of rotatable bonds is 5. The van der Waals surface area contributed by atoms with Crippen LogP contribution in [-0.2, 0) is 4.74 Å². The number of ether oxygens (including phenoxy) is 1. The Morgan fingerprint density at radius 2 is 2.06 bits per heavy atom. The summed E-state index contributed by atoms with van der Waals surface area (Å²) in [4.78, 5) is 0. The Bertz CT molecular complexity index is 201. The van der Waals surface area contributed by atoms with E-state index in [1.165, 1.54) is 57.9 Å². The van der Waals surface area contributed by atoms with Crippen LogP contribution in [0.5, 0.6) is 0 Å². The summed E-state index contributed by atoms with van der Waals surface area (Å²) in [6, 6.07) is 0. The number of hydrogen-bond donors (Lipinski definition) is 1. The van der Waals surface area contributed by atoms with Gasteiger partial charge in [-0.3, -0.25) is 0 Å². The van der Waals surface area contributed by atoms with Crippen LogP contribution in [0.4, 0.5) is 0 Å². The zero-order valence-electron chi connectivity index (χ0n) is 11.4. The van der Waals surface area contributed by atoms with Gasteiger partial charge in [-0.05, 0) is 63.5 Å². The molecule has 0 aromatic carbocycles. The molecule has 2 rings (SSSR count). The van der Waals surface area contributed by atoms with Gasteiger partial charge in [0, 0.05) is 6.61 Å². The van der Waals surface area contributed by atoms with Gasteiger partial charge in [-0.15, -0.1) is 0 Å². The molecule has 0 bridgehead atoms. The third-order valence-electron chi connectivity index (χ3n) is 4.40. The standard InChI is InChI=1S/C15H29NO/c1-13-5-4-6-14(11-13)12-16-9-8-15-7-2-3-10-17-15/h13-16H,2-12H2,1H3. The Morgan fingerprint density at radius 3 is 2.82 bits per heavy atom. The molecule has 0 spiro atoms. The first-order valence-corrected chi connectivity index (χ1v) is 7.67. The Kier molecular flexibility index (Phi) is 5.79. The first-order valence-electron chi connectivity index (χ1n) is 7.67. The normalized spacial score (nSPS) is 34.8. The molecule has 1 heterocycles. The average molecular weight is 239 g/mol. The minimum absolute atomic E-state index is 0.543. The van der Waals surface area contributed by atoms with Crippen molar-refractivity contribution in [1.82, 2.24) is 5.32 Å². The fourth-order valence-corrected chi connectivity index (χ4v) is 3.35. The highest BCUT2D eigenvalue weighted by molar-refractivity contribution is 4.73. The second-order valence-corrected chi connectivity index (χ2v) is 6.12. The van der Waals surface area contributed by atoms with Gasteiger partial charge in [0.2, 0.25) is 0 Å². The molecule has 2 nitrogen and oxygen atoms in total. The van der Waals surface area contributed by atoms with Gasteiger partial charge in [0.1, 0.15) is 0 Å². The lowest BCUT2D eigenvalue weighted by atomic mass is 9.82. The van der Waals surface area contributed by atoms with E-state index in [-0.39, 0.29) is 0 Å². The molecular formula is C15H29NO. The van der Waals surface area contributed by atoms with Crippen molar-refractivity contribution in [3.8, 4) is 0 Å². The summed E-state index contributed by atoms with van der Waals surface area (Å²) >= 11 is 0. The molecular weight excluding hydrogens is 210 g/mol. The van der Waals surface area contributed by atoms with E-state index in [2.05, 4.69) is 12.2 Å². The predicted molar refractivity (Wildman–Crippen MR) is 72.2 cm³/mol. The van der Waals surface area contributed by atoms with Crippen molar-refractivity contribution < 1.29 is 4.74 Å². The van der Waals surface area contributed by atoms with Gasteiger partial charge in [-0.2, -0.15) is 0 Å². The zero-order valence-corrected chi connectivity index (χ0v) is 11.4.